The number of hydrogen-bond donors (Lipinski definition) is 0. The average Bonchev–Trinajstić information content (AvgIpc) is 2.25. The van der Waals surface area contributed by atoms with E-state index < -0.39 is 0 Å². The number of piperidine rings is 1. The first-order valence-electron chi connectivity index (χ1n) is 6.31. The van der Waals surface area contributed by atoms with Crippen LogP contribution in [-0.2, 0) is 0 Å². The number of aryl methyl sites for hydroxylation is 1. The Balaban J connectivity index is 2.20. The molecule has 0 aliphatic carbocycles. The molecular weight excluding hydrogens is 248 g/mol. The van der Waals surface area contributed by atoms with Crippen LogP contribution in [0.15, 0.2) is 12.1 Å². The molecule has 0 aromatic carbocycles. The first-order chi connectivity index (χ1) is 8.37. The minimum absolute atomic E-state index is 0.0650. The third-order valence-corrected chi connectivity index (χ3v) is 3.55. The number of nitrogens with zero attached hydrogens (tertiary/aromatic N) is 2. The molecular formula is C14H19ClN2O. The number of likely N-dealkylation sites (tertiary alicyclic amines) is 1. The SMILES string of the molecule is Cc1cc(C(=O)N2CCCC(C)(C)C2)cc(Cl)n1. The van der Waals surface area contributed by atoms with Gasteiger partial charge < -0.3 is 4.90 Å². The summed E-state index contributed by atoms with van der Waals surface area (Å²) in [4.78, 5) is 18.4. The second-order valence-electron chi connectivity index (χ2n) is 5.81. The van der Waals surface area contributed by atoms with Crippen molar-refractivity contribution in [2.45, 2.75) is 33.6 Å². The Kier molecular flexibility index (Phi) is 3.62. The quantitative estimate of drug-likeness (QED) is 0.731. The van der Waals surface area contributed by atoms with E-state index in [1.807, 2.05) is 11.8 Å². The molecule has 3 nitrogen and oxygen atoms in total. The van der Waals surface area contributed by atoms with E-state index in [2.05, 4.69) is 18.8 Å². The predicted octanol–water partition coefficient (Wildman–Crippen LogP) is 3.31. The first-order valence-corrected chi connectivity index (χ1v) is 6.69. The third-order valence-electron chi connectivity index (χ3n) is 3.36. The molecule has 0 spiro atoms. The van der Waals surface area contributed by atoms with Crippen molar-refractivity contribution in [3.63, 3.8) is 0 Å². The molecule has 0 atom stereocenters. The van der Waals surface area contributed by atoms with Crippen LogP contribution < -0.4 is 0 Å². The lowest BCUT2D eigenvalue weighted by Crippen LogP contribution is -2.43. The molecule has 0 radical (unpaired) electrons. The van der Waals surface area contributed by atoms with Crippen molar-refractivity contribution in [3.05, 3.63) is 28.5 Å². The monoisotopic (exact) mass is 266 g/mol. The lowest BCUT2D eigenvalue weighted by Gasteiger charge is -2.38. The fraction of sp³-hybridized carbons (Fsp3) is 0.571. The van der Waals surface area contributed by atoms with Gasteiger partial charge in [-0.3, -0.25) is 4.79 Å². The number of hydrogen-bond acceptors (Lipinski definition) is 2. The normalized spacial score (nSPS) is 18.8. The molecule has 1 aromatic rings. The Morgan fingerprint density at radius 1 is 1.44 bits per heavy atom. The van der Waals surface area contributed by atoms with Crippen molar-refractivity contribution in [2.24, 2.45) is 5.41 Å². The topological polar surface area (TPSA) is 33.2 Å². The second kappa shape index (κ2) is 4.88. The second-order valence-corrected chi connectivity index (χ2v) is 6.20. The van der Waals surface area contributed by atoms with E-state index in [1.165, 1.54) is 6.42 Å². The average molecular weight is 267 g/mol. The van der Waals surface area contributed by atoms with Gasteiger partial charge >= 0.3 is 0 Å². The summed E-state index contributed by atoms with van der Waals surface area (Å²) in [5.74, 6) is 0.0650. The van der Waals surface area contributed by atoms with Crippen LogP contribution in [0, 0.1) is 12.3 Å². The molecule has 1 amide bonds. The Morgan fingerprint density at radius 2 is 2.17 bits per heavy atom. The number of pyridine rings is 1. The van der Waals surface area contributed by atoms with Gasteiger partial charge in [0.15, 0.2) is 0 Å². The van der Waals surface area contributed by atoms with E-state index >= 15 is 0 Å². The van der Waals surface area contributed by atoms with Crippen molar-refractivity contribution in [3.8, 4) is 0 Å². The van der Waals surface area contributed by atoms with E-state index in [9.17, 15) is 4.79 Å². The maximum Gasteiger partial charge on any atom is 0.254 e. The van der Waals surface area contributed by atoms with Gasteiger partial charge in [-0.15, -0.1) is 0 Å². The zero-order valence-corrected chi connectivity index (χ0v) is 11.9. The number of amides is 1. The van der Waals surface area contributed by atoms with Crippen molar-refractivity contribution in [1.29, 1.82) is 0 Å². The minimum Gasteiger partial charge on any atom is -0.338 e. The zero-order valence-electron chi connectivity index (χ0n) is 11.2. The molecule has 1 saturated heterocycles. The molecule has 1 aliphatic heterocycles. The van der Waals surface area contributed by atoms with Gasteiger partial charge in [0.05, 0.1) is 0 Å². The van der Waals surface area contributed by atoms with Gasteiger partial charge in [0.1, 0.15) is 5.15 Å². The summed E-state index contributed by atoms with van der Waals surface area (Å²) in [5, 5.41) is 0.384. The van der Waals surface area contributed by atoms with Crippen LogP contribution in [-0.4, -0.2) is 28.9 Å². The molecule has 0 saturated carbocycles. The number of carbonyl (C=O) groups excluding carboxylic acids is 1. The number of rotatable bonds is 1. The Hall–Kier alpha value is -1.09. The standard InChI is InChI=1S/C14H19ClN2O/c1-10-7-11(8-12(15)16-10)13(18)17-6-4-5-14(2,3)9-17/h7-8H,4-6,9H2,1-3H3. The molecule has 18 heavy (non-hydrogen) atoms. The summed E-state index contributed by atoms with van der Waals surface area (Å²) in [7, 11) is 0. The van der Waals surface area contributed by atoms with Crippen LogP contribution in [0.2, 0.25) is 5.15 Å². The van der Waals surface area contributed by atoms with Gasteiger partial charge in [-0.05, 0) is 37.3 Å². The number of aromatic nitrogens is 1. The highest BCUT2D eigenvalue weighted by Gasteiger charge is 2.29. The summed E-state index contributed by atoms with van der Waals surface area (Å²) >= 11 is 5.91. The van der Waals surface area contributed by atoms with Crippen LogP contribution in [0.3, 0.4) is 0 Å². The third kappa shape index (κ3) is 3.02. The van der Waals surface area contributed by atoms with Crippen LogP contribution in [0.5, 0.6) is 0 Å². The molecule has 1 aliphatic rings. The smallest absolute Gasteiger partial charge is 0.254 e. The van der Waals surface area contributed by atoms with Crippen LogP contribution in [0.1, 0.15) is 42.7 Å². The Bertz CT molecular complexity index is 451. The maximum absolute atomic E-state index is 12.4. The summed E-state index contributed by atoms with van der Waals surface area (Å²) in [6.07, 6.45) is 2.24. The molecule has 0 bridgehead atoms. The summed E-state index contributed by atoms with van der Waals surface area (Å²) in [6.45, 7) is 7.91. The highest BCUT2D eigenvalue weighted by Crippen LogP contribution is 2.29. The molecule has 98 valence electrons. The molecule has 1 fully saturated rings. The highest BCUT2D eigenvalue weighted by molar-refractivity contribution is 6.29. The zero-order chi connectivity index (χ0) is 13.3. The molecule has 1 aromatic heterocycles. The minimum atomic E-state index is 0.0650. The number of carbonyl (C=O) groups is 1. The summed E-state index contributed by atoms with van der Waals surface area (Å²) < 4.78 is 0. The Morgan fingerprint density at radius 3 is 2.78 bits per heavy atom. The van der Waals surface area contributed by atoms with Crippen molar-refractivity contribution < 1.29 is 4.79 Å². The fourth-order valence-corrected chi connectivity index (χ4v) is 2.78. The van der Waals surface area contributed by atoms with Gasteiger partial charge in [-0.2, -0.15) is 0 Å². The summed E-state index contributed by atoms with van der Waals surface area (Å²) in [5.41, 5.74) is 1.63. The largest absolute Gasteiger partial charge is 0.338 e. The van der Waals surface area contributed by atoms with Gasteiger partial charge in [0.2, 0.25) is 0 Å². The van der Waals surface area contributed by atoms with Gasteiger partial charge in [-0.25, -0.2) is 4.98 Å². The molecule has 0 unspecified atom stereocenters. The predicted molar refractivity (Wildman–Crippen MR) is 72.9 cm³/mol. The molecule has 0 N–H and O–H groups in total. The van der Waals surface area contributed by atoms with Gasteiger partial charge in [-0.1, -0.05) is 25.4 Å². The van der Waals surface area contributed by atoms with Crippen molar-refractivity contribution >= 4 is 17.5 Å². The van der Waals surface area contributed by atoms with E-state index in [-0.39, 0.29) is 11.3 Å². The lowest BCUT2D eigenvalue weighted by atomic mass is 9.84. The summed E-state index contributed by atoms with van der Waals surface area (Å²) in [6, 6.07) is 3.45. The van der Waals surface area contributed by atoms with Crippen molar-refractivity contribution in [1.82, 2.24) is 9.88 Å². The van der Waals surface area contributed by atoms with E-state index in [0.717, 1.165) is 25.2 Å². The fourth-order valence-electron chi connectivity index (χ4n) is 2.53. The highest BCUT2D eigenvalue weighted by atomic mass is 35.5. The molecule has 2 heterocycles. The molecule has 4 heteroatoms. The first kappa shape index (κ1) is 13.3. The van der Waals surface area contributed by atoms with E-state index in [0.29, 0.717) is 10.7 Å². The van der Waals surface area contributed by atoms with Crippen LogP contribution >= 0.6 is 11.6 Å². The van der Waals surface area contributed by atoms with Crippen LogP contribution in [0.25, 0.3) is 0 Å². The van der Waals surface area contributed by atoms with Crippen molar-refractivity contribution in [2.75, 3.05) is 13.1 Å². The lowest BCUT2D eigenvalue weighted by molar-refractivity contribution is 0.0583. The molecule has 2 rings (SSSR count). The van der Waals surface area contributed by atoms with E-state index in [1.54, 1.807) is 12.1 Å². The maximum atomic E-state index is 12.4. The van der Waals surface area contributed by atoms with Gasteiger partial charge in [0, 0.05) is 24.3 Å². The van der Waals surface area contributed by atoms with E-state index in [4.69, 9.17) is 11.6 Å². The Labute approximate surface area is 113 Å². The van der Waals surface area contributed by atoms with Gasteiger partial charge in [0.25, 0.3) is 5.91 Å². The number of halogens is 1. The van der Waals surface area contributed by atoms with Crippen LogP contribution in [0.4, 0.5) is 0 Å².